The molecule has 4 rings (SSSR count). The van der Waals surface area contributed by atoms with Crippen molar-refractivity contribution in [3.63, 3.8) is 0 Å². The summed E-state index contributed by atoms with van der Waals surface area (Å²) in [5, 5.41) is 2.87. The number of nitrogens with one attached hydrogen (secondary N) is 1. The summed E-state index contributed by atoms with van der Waals surface area (Å²) in [5.74, 6) is -0.285. The molecule has 150 valence electrons. The van der Waals surface area contributed by atoms with Crippen molar-refractivity contribution >= 4 is 21.6 Å². The fourth-order valence-electron chi connectivity index (χ4n) is 3.64. The molecule has 0 radical (unpaired) electrons. The maximum atomic E-state index is 13.2. The van der Waals surface area contributed by atoms with Crippen LogP contribution in [0.5, 0.6) is 0 Å². The van der Waals surface area contributed by atoms with Crippen molar-refractivity contribution in [2.24, 2.45) is 7.05 Å². The number of nitrogens with zero attached hydrogens (tertiary/aromatic N) is 2. The van der Waals surface area contributed by atoms with E-state index in [1.807, 2.05) is 54.6 Å². The highest BCUT2D eigenvalue weighted by molar-refractivity contribution is 7.92. The number of fused-ring (bicyclic) bond motifs is 1. The van der Waals surface area contributed by atoms with Crippen molar-refractivity contribution in [3.05, 3.63) is 83.7 Å². The molecule has 0 saturated carbocycles. The van der Waals surface area contributed by atoms with E-state index in [1.165, 1.54) is 16.6 Å². The van der Waals surface area contributed by atoms with Gasteiger partial charge in [-0.1, -0.05) is 48.5 Å². The monoisotopic (exact) mass is 409 g/mol. The Morgan fingerprint density at radius 2 is 1.79 bits per heavy atom. The highest BCUT2D eigenvalue weighted by atomic mass is 32.2. The first-order chi connectivity index (χ1) is 14.0. The van der Waals surface area contributed by atoms with Crippen molar-refractivity contribution in [2.45, 2.75) is 17.7 Å². The molecule has 1 aliphatic rings. The number of rotatable bonds is 6. The normalized spacial score (nSPS) is 13.3. The van der Waals surface area contributed by atoms with Gasteiger partial charge in [0.05, 0.1) is 5.69 Å². The average Bonchev–Trinajstić information content (AvgIpc) is 3.33. The van der Waals surface area contributed by atoms with Gasteiger partial charge >= 0.3 is 0 Å². The molecule has 0 aliphatic carbocycles. The fraction of sp³-hybridized carbons (Fsp3) is 0.227. The number of carbonyl (C=O) groups is 1. The van der Waals surface area contributed by atoms with E-state index in [-0.39, 0.29) is 10.8 Å². The van der Waals surface area contributed by atoms with Crippen LogP contribution in [0.15, 0.2) is 71.8 Å². The molecule has 0 atom stereocenters. The van der Waals surface area contributed by atoms with Crippen LogP contribution in [0.25, 0.3) is 0 Å². The Hall–Kier alpha value is -3.06. The van der Waals surface area contributed by atoms with Crippen LogP contribution < -0.4 is 9.62 Å². The fourth-order valence-corrected chi connectivity index (χ4v) is 5.22. The van der Waals surface area contributed by atoms with E-state index < -0.39 is 10.0 Å². The van der Waals surface area contributed by atoms with Crippen molar-refractivity contribution in [1.29, 1.82) is 0 Å². The zero-order valence-electron chi connectivity index (χ0n) is 16.2. The van der Waals surface area contributed by atoms with Crippen molar-refractivity contribution in [1.82, 2.24) is 9.88 Å². The zero-order valence-corrected chi connectivity index (χ0v) is 17.0. The maximum Gasteiger partial charge on any atom is 0.267 e. The number of aromatic nitrogens is 1. The van der Waals surface area contributed by atoms with Gasteiger partial charge in [0.2, 0.25) is 0 Å². The number of carbonyl (C=O) groups excluding carboxylic acids is 1. The highest BCUT2D eigenvalue weighted by Gasteiger charge is 2.32. The summed E-state index contributed by atoms with van der Waals surface area (Å²) >= 11 is 0. The summed E-state index contributed by atoms with van der Waals surface area (Å²) in [4.78, 5) is 12.7. The lowest BCUT2D eigenvalue weighted by molar-refractivity contribution is 0.0946. The van der Waals surface area contributed by atoms with Gasteiger partial charge in [-0.2, -0.15) is 0 Å². The smallest absolute Gasteiger partial charge is 0.267 e. The van der Waals surface area contributed by atoms with Gasteiger partial charge in [0.1, 0.15) is 10.6 Å². The quantitative estimate of drug-likeness (QED) is 0.681. The zero-order chi connectivity index (χ0) is 20.4. The van der Waals surface area contributed by atoms with Crippen LogP contribution in [0.2, 0.25) is 0 Å². The van der Waals surface area contributed by atoms with Gasteiger partial charge in [-0.25, -0.2) is 8.42 Å². The van der Waals surface area contributed by atoms with E-state index in [4.69, 9.17) is 0 Å². The van der Waals surface area contributed by atoms with E-state index in [2.05, 4.69) is 5.32 Å². The summed E-state index contributed by atoms with van der Waals surface area (Å²) in [5.41, 5.74) is 3.19. The van der Waals surface area contributed by atoms with Crippen LogP contribution in [0.4, 0.5) is 5.69 Å². The average molecular weight is 410 g/mol. The minimum Gasteiger partial charge on any atom is -0.350 e. The van der Waals surface area contributed by atoms with E-state index in [0.717, 1.165) is 11.1 Å². The van der Waals surface area contributed by atoms with E-state index in [0.29, 0.717) is 37.3 Å². The van der Waals surface area contributed by atoms with Crippen LogP contribution in [-0.4, -0.2) is 32.0 Å². The number of benzene rings is 2. The second-order valence-electron chi connectivity index (χ2n) is 7.12. The van der Waals surface area contributed by atoms with Crippen molar-refractivity contribution in [3.8, 4) is 0 Å². The molecule has 29 heavy (non-hydrogen) atoms. The van der Waals surface area contributed by atoms with Gasteiger partial charge in [-0.05, 0) is 36.1 Å². The molecule has 1 N–H and O–H groups in total. The van der Waals surface area contributed by atoms with E-state index in [9.17, 15) is 13.2 Å². The number of sulfonamides is 1. The summed E-state index contributed by atoms with van der Waals surface area (Å²) in [6, 6.07) is 18.9. The topological polar surface area (TPSA) is 71.4 Å². The van der Waals surface area contributed by atoms with E-state index >= 15 is 0 Å². The molecular weight excluding hydrogens is 386 g/mol. The second kappa shape index (κ2) is 7.75. The molecular formula is C22H23N3O3S. The first-order valence-electron chi connectivity index (χ1n) is 9.56. The molecule has 1 aromatic heterocycles. The van der Waals surface area contributed by atoms with Crippen LogP contribution in [-0.2, 0) is 29.9 Å². The third-order valence-electron chi connectivity index (χ3n) is 5.19. The van der Waals surface area contributed by atoms with Crippen molar-refractivity contribution in [2.75, 3.05) is 17.4 Å². The number of hydrogen-bond donors (Lipinski definition) is 1. The Balaban J connectivity index is 1.49. The van der Waals surface area contributed by atoms with Gasteiger partial charge in [0.15, 0.2) is 0 Å². The van der Waals surface area contributed by atoms with Gasteiger partial charge in [0, 0.05) is 26.3 Å². The number of hydrogen-bond acceptors (Lipinski definition) is 3. The van der Waals surface area contributed by atoms with E-state index in [1.54, 1.807) is 11.6 Å². The molecule has 7 heteroatoms. The molecule has 0 unspecified atom stereocenters. The number of amides is 1. The largest absolute Gasteiger partial charge is 0.350 e. The second-order valence-corrected chi connectivity index (χ2v) is 8.98. The summed E-state index contributed by atoms with van der Waals surface area (Å²) in [6.07, 6.45) is 2.91. The number of aryl methyl sites for hydroxylation is 1. The molecule has 0 saturated heterocycles. The van der Waals surface area contributed by atoms with Crippen LogP contribution >= 0.6 is 0 Å². The molecule has 0 bridgehead atoms. The Kier molecular flexibility index (Phi) is 5.15. The Labute approximate surface area is 170 Å². The van der Waals surface area contributed by atoms with Crippen molar-refractivity contribution < 1.29 is 13.2 Å². The maximum absolute atomic E-state index is 13.2. The summed E-state index contributed by atoms with van der Waals surface area (Å²) in [7, 11) is -2.03. The predicted molar refractivity (Wildman–Crippen MR) is 113 cm³/mol. The van der Waals surface area contributed by atoms with Crippen LogP contribution in [0.3, 0.4) is 0 Å². The molecule has 3 aromatic rings. The molecule has 6 nitrogen and oxygen atoms in total. The molecule has 1 aliphatic heterocycles. The Morgan fingerprint density at radius 1 is 1.07 bits per heavy atom. The van der Waals surface area contributed by atoms with Gasteiger partial charge in [0.25, 0.3) is 15.9 Å². The molecule has 1 amide bonds. The Morgan fingerprint density at radius 3 is 2.59 bits per heavy atom. The summed E-state index contributed by atoms with van der Waals surface area (Å²) in [6.45, 7) is 0.894. The minimum absolute atomic E-state index is 0.130. The molecule has 2 aromatic carbocycles. The molecule has 2 heterocycles. The predicted octanol–water partition coefficient (Wildman–Crippen LogP) is 2.75. The number of para-hydroxylation sites is 1. The minimum atomic E-state index is -3.72. The molecule has 0 fully saturated rings. The van der Waals surface area contributed by atoms with Gasteiger partial charge in [-0.3, -0.25) is 9.10 Å². The first-order valence-corrected chi connectivity index (χ1v) is 11.0. The first kappa shape index (κ1) is 19.3. The SMILES string of the molecule is Cn1cc(S(=O)(=O)N2CCc3ccccc32)cc1C(=O)NCCc1ccccc1. The number of anilines is 1. The third-order valence-corrected chi connectivity index (χ3v) is 6.97. The lowest BCUT2D eigenvalue weighted by Gasteiger charge is -2.18. The lowest BCUT2D eigenvalue weighted by Crippen LogP contribution is -2.29. The van der Waals surface area contributed by atoms with Crippen LogP contribution in [0, 0.1) is 0 Å². The standard InChI is InChI=1S/C22H23N3O3S/c1-24-16-19(29(27,28)25-14-12-18-9-5-6-10-20(18)25)15-21(24)22(26)23-13-11-17-7-3-2-4-8-17/h2-10,15-16H,11-14H2,1H3,(H,23,26). The highest BCUT2D eigenvalue weighted by Crippen LogP contribution is 2.33. The molecule has 0 spiro atoms. The Bertz CT molecular complexity index is 1140. The van der Waals surface area contributed by atoms with Crippen LogP contribution in [0.1, 0.15) is 21.6 Å². The summed E-state index contributed by atoms with van der Waals surface area (Å²) < 4.78 is 29.3. The van der Waals surface area contributed by atoms with Gasteiger partial charge < -0.3 is 9.88 Å². The lowest BCUT2D eigenvalue weighted by atomic mass is 10.1. The van der Waals surface area contributed by atoms with Gasteiger partial charge in [-0.15, -0.1) is 0 Å². The third kappa shape index (κ3) is 3.78.